The number of carbonyl (C=O) groups is 2. The molecular formula is C24H27N3O6. The van der Waals surface area contributed by atoms with E-state index < -0.39 is 24.1 Å². The summed E-state index contributed by atoms with van der Waals surface area (Å²) in [5.41, 5.74) is 0.964. The predicted molar refractivity (Wildman–Crippen MR) is 123 cm³/mol. The fourth-order valence-electron chi connectivity index (χ4n) is 3.17. The summed E-state index contributed by atoms with van der Waals surface area (Å²) in [5, 5.41) is 2.59. The molecule has 9 heteroatoms. The molecule has 0 fully saturated rings. The van der Waals surface area contributed by atoms with Crippen LogP contribution in [0.25, 0.3) is 5.69 Å². The molecule has 1 aromatic heterocycles. The molecule has 1 amide bonds. The average molecular weight is 453 g/mol. The first-order valence-corrected chi connectivity index (χ1v) is 10.4. The first-order valence-electron chi connectivity index (χ1n) is 10.4. The number of benzene rings is 2. The van der Waals surface area contributed by atoms with Crippen LogP contribution in [0.15, 0.2) is 59.4 Å². The number of aromatic nitrogens is 2. The highest BCUT2D eigenvalue weighted by Gasteiger charge is 2.26. The SMILES string of the molecule is COc1ccc(OC(C)C(=O)OC(C)C(=O)Nc2c(C)n(C)n(-c3ccccc3)c2=O)cc1. The summed E-state index contributed by atoms with van der Waals surface area (Å²) in [6.45, 7) is 4.68. The Morgan fingerprint density at radius 1 is 0.939 bits per heavy atom. The maximum Gasteiger partial charge on any atom is 0.347 e. The van der Waals surface area contributed by atoms with E-state index in [0.29, 0.717) is 22.9 Å². The Kier molecular flexibility index (Phi) is 7.22. The van der Waals surface area contributed by atoms with Crippen molar-refractivity contribution in [2.75, 3.05) is 12.4 Å². The lowest BCUT2D eigenvalue weighted by atomic mass is 10.3. The third kappa shape index (κ3) is 5.25. The van der Waals surface area contributed by atoms with Gasteiger partial charge >= 0.3 is 5.97 Å². The molecule has 0 aliphatic rings. The lowest BCUT2D eigenvalue weighted by molar-refractivity contribution is -0.159. The van der Waals surface area contributed by atoms with Crippen LogP contribution in [-0.4, -0.2) is 40.6 Å². The van der Waals surface area contributed by atoms with Gasteiger partial charge in [-0.05, 0) is 57.2 Å². The smallest absolute Gasteiger partial charge is 0.347 e. The van der Waals surface area contributed by atoms with E-state index in [1.54, 1.807) is 62.2 Å². The van der Waals surface area contributed by atoms with Crippen LogP contribution in [0, 0.1) is 6.92 Å². The molecule has 3 rings (SSSR count). The molecule has 0 saturated heterocycles. The topological polar surface area (TPSA) is 101 Å². The van der Waals surface area contributed by atoms with Gasteiger partial charge in [0.2, 0.25) is 0 Å². The van der Waals surface area contributed by atoms with Crippen LogP contribution in [0.1, 0.15) is 19.5 Å². The minimum Gasteiger partial charge on any atom is -0.497 e. The first-order chi connectivity index (χ1) is 15.7. The number of ether oxygens (including phenoxy) is 3. The third-order valence-electron chi connectivity index (χ3n) is 5.17. The Bertz CT molecular complexity index is 1180. The van der Waals surface area contributed by atoms with Crippen molar-refractivity contribution >= 4 is 17.6 Å². The molecule has 0 aliphatic heterocycles. The molecule has 0 radical (unpaired) electrons. The summed E-state index contributed by atoms with van der Waals surface area (Å²) in [7, 11) is 3.28. The van der Waals surface area contributed by atoms with Crippen LogP contribution in [-0.2, 0) is 21.4 Å². The van der Waals surface area contributed by atoms with E-state index in [1.807, 2.05) is 18.2 Å². The van der Waals surface area contributed by atoms with Gasteiger partial charge in [0.25, 0.3) is 11.5 Å². The molecule has 174 valence electrons. The molecular weight excluding hydrogens is 426 g/mol. The molecule has 0 spiro atoms. The van der Waals surface area contributed by atoms with Crippen LogP contribution >= 0.6 is 0 Å². The number of carbonyl (C=O) groups excluding carboxylic acids is 2. The Morgan fingerprint density at radius 3 is 2.15 bits per heavy atom. The second-order valence-corrected chi connectivity index (χ2v) is 7.44. The normalized spacial score (nSPS) is 12.5. The van der Waals surface area contributed by atoms with Crippen molar-refractivity contribution in [3.63, 3.8) is 0 Å². The van der Waals surface area contributed by atoms with Gasteiger partial charge in [-0.3, -0.25) is 14.3 Å². The number of rotatable bonds is 8. The minimum absolute atomic E-state index is 0.122. The maximum atomic E-state index is 12.9. The van der Waals surface area contributed by atoms with Crippen LogP contribution in [0.3, 0.4) is 0 Å². The van der Waals surface area contributed by atoms with Crippen molar-refractivity contribution in [2.24, 2.45) is 7.05 Å². The molecule has 2 unspecified atom stereocenters. The number of para-hydroxylation sites is 1. The van der Waals surface area contributed by atoms with Gasteiger partial charge in [0.05, 0.1) is 18.5 Å². The average Bonchev–Trinajstić information content (AvgIpc) is 3.02. The molecule has 1 N–H and O–H groups in total. The second-order valence-electron chi connectivity index (χ2n) is 7.44. The Labute approximate surface area is 191 Å². The van der Waals surface area contributed by atoms with Crippen molar-refractivity contribution in [2.45, 2.75) is 33.0 Å². The van der Waals surface area contributed by atoms with Gasteiger partial charge < -0.3 is 19.5 Å². The monoisotopic (exact) mass is 453 g/mol. The number of hydrogen-bond acceptors (Lipinski definition) is 6. The second kappa shape index (κ2) is 10.1. The molecule has 2 atom stereocenters. The zero-order chi connectivity index (χ0) is 24.1. The first kappa shape index (κ1) is 23.6. The molecule has 0 saturated carbocycles. The largest absolute Gasteiger partial charge is 0.497 e. The summed E-state index contributed by atoms with van der Waals surface area (Å²) < 4.78 is 19.0. The quantitative estimate of drug-likeness (QED) is 0.527. The van der Waals surface area contributed by atoms with Gasteiger partial charge in [-0.25, -0.2) is 9.48 Å². The van der Waals surface area contributed by atoms with E-state index in [1.165, 1.54) is 18.5 Å². The Balaban J connectivity index is 1.65. The number of nitrogens with zero attached hydrogens (tertiary/aromatic N) is 2. The molecule has 33 heavy (non-hydrogen) atoms. The summed E-state index contributed by atoms with van der Waals surface area (Å²) in [6.07, 6.45) is -2.08. The van der Waals surface area contributed by atoms with Gasteiger partial charge in [-0.1, -0.05) is 18.2 Å². The number of hydrogen-bond donors (Lipinski definition) is 1. The molecule has 9 nitrogen and oxygen atoms in total. The van der Waals surface area contributed by atoms with Gasteiger partial charge in [0.1, 0.15) is 17.2 Å². The Morgan fingerprint density at radius 2 is 1.55 bits per heavy atom. The standard InChI is InChI=1S/C24H27N3O6/c1-15-21(23(29)27(26(15)4)18-9-7-6-8-10-18)25-22(28)16(2)33-24(30)17(3)32-20-13-11-19(31-5)12-14-20/h6-14,16-17H,1-5H3,(H,25,28). The van der Waals surface area contributed by atoms with E-state index >= 15 is 0 Å². The zero-order valence-electron chi connectivity index (χ0n) is 19.2. The van der Waals surface area contributed by atoms with Gasteiger partial charge in [0, 0.05) is 7.05 Å². The van der Waals surface area contributed by atoms with Crippen molar-refractivity contribution in [3.8, 4) is 17.2 Å². The van der Waals surface area contributed by atoms with E-state index in [2.05, 4.69) is 5.32 Å². The predicted octanol–water partition coefficient (Wildman–Crippen LogP) is 2.83. The van der Waals surface area contributed by atoms with Crippen LogP contribution in [0.5, 0.6) is 11.5 Å². The third-order valence-corrected chi connectivity index (χ3v) is 5.17. The van der Waals surface area contributed by atoms with Crippen LogP contribution < -0.4 is 20.3 Å². The van der Waals surface area contributed by atoms with E-state index in [0.717, 1.165) is 0 Å². The van der Waals surface area contributed by atoms with Crippen molar-refractivity contribution in [3.05, 3.63) is 70.6 Å². The number of amides is 1. The summed E-state index contributed by atoms with van der Waals surface area (Å²) in [6, 6.07) is 15.8. The van der Waals surface area contributed by atoms with Crippen LogP contribution in [0.2, 0.25) is 0 Å². The van der Waals surface area contributed by atoms with E-state index in [4.69, 9.17) is 14.2 Å². The van der Waals surface area contributed by atoms with Gasteiger partial charge in [-0.2, -0.15) is 0 Å². The van der Waals surface area contributed by atoms with E-state index in [-0.39, 0.29) is 11.2 Å². The number of esters is 1. The fourth-order valence-corrected chi connectivity index (χ4v) is 3.17. The molecule has 3 aromatic rings. The molecule has 0 bridgehead atoms. The minimum atomic E-state index is -1.14. The number of anilines is 1. The maximum absolute atomic E-state index is 12.9. The van der Waals surface area contributed by atoms with Crippen molar-refractivity contribution in [1.29, 1.82) is 0 Å². The van der Waals surface area contributed by atoms with Crippen molar-refractivity contribution < 1.29 is 23.8 Å². The van der Waals surface area contributed by atoms with Gasteiger partial charge in [-0.15, -0.1) is 0 Å². The molecule has 2 aromatic carbocycles. The summed E-state index contributed by atoms with van der Waals surface area (Å²) in [4.78, 5) is 38.0. The molecule has 1 heterocycles. The number of nitrogens with one attached hydrogen (secondary N) is 1. The summed E-state index contributed by atoms with van der Waals surface area (Å²) in [5.74, 6) is -0.213. The Hall–Kier alpha value is -4.01. The fraction of sp³-hybridized carbons (Fsp3) is 0.292. The lowest BCUT2D eigenvalue weighted by Crippen LogP contribution is -2.36. The zero-order valence-corrected chi connectivity index (χ0v) is 19.2. The molecule has 0 aliphatic carbocycles. The highest BCUT2D eigenvalue weighted by molar-refractivity contribution is 5.95. The lowest BCUT2D eigenvalue weighted by Gasteiger charge is -2.17. The van der Waals surface area contributed by atoms with E-state index in [9.17, 15) is 14.4 Å². The van der Waals surface area contributed by atoms with Crippen molar-refractivity contribution in [1.82, 2.24) is 9.36 Å². The highest BCUT2D eigenvalue weighted by Crippen LogP contribution is 2.19. The summed E-state index contributed by atoms with van der Waals surface area (Å²) >= 11 is 0. The van der Waals surface area contributed by atoms with Gasteiger partial charge in [0.15, 0.2) is 12.2 Å². The number of methoxy groups -OCH3 is 1. The van der Waals surface area contributed by atoms with Crippen LogP contribution in [0.4, 0.5) is 5.69 Å². The highest BCUT2D eigenvalue weighted by atomic mass is 16.6.